The van der Waals surface area contributed by atoms with Crippen LogP contribution in [0.1, 0.15) is 31.2 Å². The summed E-state index contributed by atoms with van der Waals surface area (Å²) in [6, 6.07) is 4.41. The predicted molar refractivity (Wildman–Crippen MR) is 50.7 cm³/mol. The van der Waals surface area contributed by atoms with Crippen LogP contribution in [-0.2, 0) is 0 Å². The molecule has 0 aliphatic heterocycles. The highest BCUT2D eigenvalue weighted by molar-refractivity contribution is 7.10. The van der Waals surface area contributed by atoms with Crippen LogP contribution in [-0.4, -0.2) is 0 Å². The molecule has 11 heavy (non-hydrogen) atoms. The van der Waals surface area contributed by atoms with Gasteiger partial charge in [0.25, 0.3) is 0 Å². The number of nitrogens with two attached hydrogens (primary N) is 1. The lowest BCUT2D eigenvalue weighted by Gasteiger charge is -2.15. The van der Waals surface area contributed by atoms with Gasteiger partial charge in [0.2, 0.25) is 0 Å². The molecule has 0 aliphatic carbocycles. The second kappa shape index (κ2) is 3.88. The van der Waals surface area contributed by atoms with E-state index in [1.54, 1.807) is 11.3 Å². The zero-order valence-corrected chi connectivity index (χ0v) is 7.90. The number of thiophene rings is 1. The third-order valence-corrected chi connectivity index (χ3v) is 3.10. The molecule has 2 unspecified atom stereocenters. The van der Waals surface area contributed by atoms with E-state index in [1.165, 1.54) is 4.88 Å². The summed E-state index contributed by atoms with van der Waals surface area (Å²) in [7, 11) is 0. The summed E-state index contributed by atoms with van der Waals surface area (Å²) in [5, 5.41) is 2.08. The van der Waals surface area contributed by atoms with Gasteiger partial charge in [-0.2, -0.15) is 0 Å². The van der Waals surface area contributed by atoms with Gasteiger partial charge in [0, 0.05) is 10.9 Å². The quantitative estimate of drug-likeness (QED) is 0.739. The smallest absolute Gasteiger partial charge is 0.0415 e. The highest BCUT2D eigenvalue weighted by Gasteiger charge is 2.12. The first-order valence-corrected chi connectivity index (χ1v) is 4.92. The Morgan fingerprint density at radius 1 is 1.64 bits per heavy atom. The fourth-order valence-electron chi connectivity index (χ4n) is 1.02. The molecule has 0 saturated carbocycles. The van der Waals surface area contributed by atoms with Gasteiger partial charge in [0.15, 0.2) is 0 Å². The Labute approximate surface area is 72.2 Å². The monoisotopic (exact) mass is 169 g/mol. The Morgan fingerprint density at radius 3 is 2.82 bits per heavy atom. The standard InChI is InChI=1S/C9H15NS/c1-3-7(2)9(10)8-5-4-6-11-8/h4-7,9H,3,10H2,1-2H3. The first-order chi connectivity index (χ1) is 5.25. The highest BCUT2D eigenvalue weighted by Crippen LogP contribution is 2.24. The van der Waals surface area contributed by atoms with E-state index < -0.39 is 0 Å². The first kappa shape index (κ1) is 8.75. The molecule has 1 heterocycles. The van der Waals surface area contributed by atoms with Gasteiger partial charge in [-0.05, 0) is 17.4 Å². The molecular formula is C9H15NS. The summed E-state index contributed by atoms with van der Waals surface area (Å²) in [6.07, 6.45) is 1.15. The van der Waals surface area contributed by atoms with E-state index in [0.29, 0.717) is 5.92 Å². The van der Waals surface area contributed by atoms with Crippen molar-refractivity contribution >= 4 is 11.3 Å². The third-order valence-electron chi connectivity index (χ3n) is 2.13. The lowest BCUT2D eigenvalue weighted by molar-refractivity contribution is 0.462. The Kier molecular flexibility index (Phi) is 3.09. The molecule has 0 aromatic carbocycles. The highest BCUT2D eigenvalue weighted by atomic mass is 32.1. The van der Waals surface area contributed by atoms with E-state index >= 15 is 0 Å². The number of rotatable bonds is 3. The summed E-state index contributed by atoms with van der Waals surface area (Å²) in [5.74, 6) is 0.591. The van der Waals surface area contributed by atoms with Gasteiger partial charge in [-0.25, -0.2) is 0 Å². The molecule has 2 atom stereocenters. The van der Waals surface area contributed by atoms with Crippen molar-refractivity contribution in [1.82, 2.24) is 0 Å². The molecule has 0 radical (unpaired) electrons. The van der Waals surface area contributed by atoms with Crippen LogP contribution < -0.4 is 5.73 Å². The van der Waals surface area contributed by atoms with Gasteiger partial charge in [0.1, 0.15) is 0 Å². The van der Waals surface area contributed by atoms with Crippen LogP contribution in [0.25, 0.3) is 0 Å². The van der Waals surface area contributed by atoms with E-state index in [-0.39, 0.29) is 6.04 Å². The first-order valence-electron chi connectivity index (χ1n) is 4.04. The van der Waals surface area contributed by atoms with Crippen molar-refractivity contribution in [2.24, 2.45) is 11.7 Å². The zero-order chi connectivity index (χ0) is 8.27. The largest absolute Gasteiger partial charge is 0.323 e. The van der Waals surface area contributed by atoms with E-state index in [0.717, 1.165) is 6.42 Å². The summed E-state index contributed by atoms with van der Waals surface area (Å²) >= 11 is 1.75. The van der Waals surface area contributed by atoms with Crippen LogP contribution in [0.4, 0.5) is 0 Å². The molecule has 0 fully saturated rings. The summed E-state index contributed by atoms with van der Waals surface area (Å²) in [6.45, 7) is 4.38. The fraction of sp³-hybridized carbons (Fsp3) is 0.556. The van der Waals surface area contributed by atoms with Gasteiger partial charge in [0.05, 0.1) is 0 Å². The lowest BCUT2D eigenvalue weighted by Crippen LogP contribution is -2.16. The molecule has 1 rings (SSSR count). The normalized spacial score (nSPS) is 16.3. The van der Waals surface area contributed by atoms with Crippen LogP contribution >= 0.6 is 11.3 Å². The van der Waals surface area contributed by atoms with Crippen molar-refractivity contribution in [1.29, 1.82) is 0 Å². The summed E-state index contributed by atoms with van der Waals surface area (Å²) < 4.78 is 0. The van der Waals surface area contributed by atoms with Crippen LogP contribution in [0.5, 0.6) is 0 Å². The topological polar surface area (TPSA) is 26.0 Å². The molecule has 0 saturated heterocycles. The summed E-state index contributed by atoms with van der Waals surface area (Å²) in [4.78, 5) is 1.30. The molecule has 1 aromatic heterocycles. The lowest BCUT2D eigenvalue weighted by atomic mass is 9.99. The summed E-state index contributed by atoms with van der Waals surface area (Å²) in [5.41, 5.74) is 6.00. The average Bonchev–Trinajstić information content (AvgIpc) is 2.53. The fourth-order valence-corrected chi connectivity index (χ4v) is 1.88. The predicted octanol–water partition coefficient (Wildman–Crippen LogP) is 2.79. The maximum absolute atomic E-state index is 6.00. The van der Waals surface area contributed by atoms with Crippen LogP contribution in [0, 0.1) is 5.92 Å². The Balaban J connectivity index is 2.62. The minimum Gasteiger partial charge on any atom is -0.323 e. The molecule has 2 N–H and O–H groups in total. The van der Waals surface area contributed by atoms with Gasteiger partial charge in [-0.3, -0.25) is 0 Å². The van der Waals surface area contributed by atoms with E-state index in [4.69, 9.17) is 5.73 Å². The van der Waals surface area contributed by atoms with E-state index in [9.17, 15) is 0 Å². The van der Waals surface area contributed by atoms with Crippen LogP contribution in [0.3, 0.4) is 0 Å². The van der Waals surface area contributed by atoms with Crippen LogP contribution in [0.15, 0.2) is 17.5 Å². The van der Waals surface area contributed by atoms with Gasteiger partial charge in [-0.15, -0.1) is 11.3 Å². The number of hydrogen-bond acceptors (Lipinski definition) is 2. The van der Waals surface area contributed by atoms with Crippen molar-refractivity contribution in [2.45, 2.75) is 26.3 Å². The molecule has 62 valence electrons. The second-order valence-electron chi connectivity index (χ2n) is 2.93. The molecule has 1 nitrogen and oxygen atoms in total. The number of hydrogen-bond donors (Lipinski definition) is 1. The molecule has 0 aliphatic rings. The Hall–Kier alpha value is -0.340. The van der Waals surface area contributed by atoms with Crippen molar-refractivity contribution in [3.05, 3.63) is 22.4 Å². The van der Waals surface area contributed by atoms with E-state index in [1.807, 2.05) is 0 Å². The van der Waals surface area contributed by atoms with Crippen molar-refractivity contribution in [2.75, 3.05) is 0 Å². The van der Waals surface area contributed by atoms with Crippen molar-refractivity contribution in [3.63, 3.8) is 0 Å². The Morgan fingerprint density at radius 2 is 2.36 bits per heavy atom. The molecule has 0 bridgehead atoms. The minimum atomic E-state index is 0.236. The maximum atomic E-state index is 6.00. The van der Waals surface area contributed by atoms with Crippen molar-refractivity contribution in [3.8, 4) is 0 Å². The SMILES string of the molecule is CCC(C)C(N)c1cccs1. The molecule has 0 spiro atoms. The molecule has 1 aromatic rings. The van der Waals surface area contributed by atoms with E-state index in [2.05, 4.69) is 31.4 Å². The minimum absolute atomic E-state index is 0.236. The average molecular weight is 169 g/mol. The van der Waals surface area contributed by atoms with Crippen molar-refractivity contribution < 1.29 is 0 Å². The van der Waals surface area contributed by atoms with Gasteiger partial charge in [-0.1, -0.05) is 26.3 Å². The Bertz CT molecular complexity index is 193. The third kappa shape index (κ3) is 2.04. The van der Waals surface area contributed by atoms with Gasteiger partial charge >= 0.3 is 0 Å². The second-order valence-corrected chi connectivity index (χ2v) is 3.91. The maximum Gasteiger partial charge on any atom is 0.0415 e. The van der Waals surface area contributed by atoms with Gasteiger partial charge < -0.3 is 5.73 Å². The van der Waals surface area contributed by atoms with Crippen LogP contribution in [0.2, 0.25) is 0 Å². The molecule has 2 heteroatoms. The molecular weight excluding hydrogens is 154 g/mol. The zero-order valence-electron chi connectivity index (χ0n) is 7.08. The molecule has 0 amide bonds.